The number of carbonyl (C=O) groups is 1. The molecule has 1 fully saturated rings. The molecule has 1 aromatic heterocycles. The zero-order valence-corrected chi connectivity index (χ0v) is 14.4. The zero-order valence-electron chi connectivity index (χ0n) is 14.4. The summed E-state index contributed by atoms with van der Waals surface area (Å²) in [5.74, 6) is 0.395. The van der Waals surface area contributed by atoms with E-state index in [-0.39, 0.29) is 12.1 Å². The van der Waals surface area contributed by atoms with Crippen LogP contribution in [0.4, 0.5) is 4.79 Å². The first kappa shape index (κ1) is 16.1. The van der Waals surface area contributed by atoms with Crippen LogP contribution >= 0.6 is 0 Å². The number of likely N-dealkylation sites (tertiary alicyclic amines) is 1. The second-order valence-corrected chi connectivity index (χ2v) is 7.24. The van der Waals surface area contributed by atoms with Gasteiger partial charge in [0, 0.05) is 31.2 Å². The van der Waals surface area contributed by atoms with Crippen molar-refractivity contribution in [2.24, 2.45) is 0 Å². The van der Waals surface area contributed by atoms with Crippen LogP contribution in [0.3, 0.4) is 0 Å². The van der Waals surface area contributed by atoms with Crippen LogP contribution in [0.1, 0.15) is 42.5 Å². The molecule has 4 rings (SSSR count). The number of aromatic nitrogens is 2. The van der Waals surface area contributed by atoms with Crippen LogP contribution in [-0.4, -0.2) is 45.4 Å². The minimum atomic E-state index is -0.911. The van der Waals surface area contributed by atoms with Crippen molar-refractivity contribution in [2.75, 3.05) is 13.1 Å². The first-order valence-electron chi connectivity index (χ1n) is 8.92. The van der Waals surface area contributed by atoms with Gasteiger partial charge in [-0.3, -0.25) is 5.10 Å². The Kier molecular flexibility index (Phi) is 4.00. The van der Waals surface area contributed by atoms with E-state index in [9.17, 15) is 9.90 Å². The summed E-state index contributed by atoms with van der Waals surface area (Å²) < 4.78 is 0. The highest BCUT2D eigenvalue weighted by atomic mass is 16.3. The predicted octanol–water partition coefficient (Wildman–Crippen LogP) is 2.13. The van der Waals surface area contributed by atoms with Crippen LogP contribution in [0.2, 0.25) is 0 Å². The van der Waals surface area contributed by atoms with E-state index in [1.807, 2.05) is 0 Å². The van der Waals surface area contributed by atoms with Crippen molar-refractivity contribution < 1.29 is 9.90 Å². The minimum absolute atomic E-state index is 0.0384. The largest absolute Gasteiger partial charge is 0.383 e. The summed E-state index contributed by atoms with van der Waals surface area (Å²) in [7, 11) is 0. The summed E-state index contributed by atoms with van der Waals surface area (Å²) in [6.07, 6.45) is 3.70. The number of H-pyrrole nitrogens is 1. The van der Waals surface area contributed by atoms with E-state index in [0.717, 1.165) is 12.1 Å². The van der Waals surface area contributed by atoms with Gasteiger partial charge in [0.1, 0.15) is 5.60 Å². The van der Waals surface area contributed by atoms with Gasteiger partial charge >= 0.3 is 6.03 Å². The van der Waals surface area contributed by atoms with E-state index in [4.69, 9.17) is 0 Å². The van der Waals surface area contributed by atoms with E-state index < -0.39 is 5.60 Å². The molecule has 2 heterocycles. The van der Waals surface area contributed by atoms with Gasteiger partial charge in [0.05, 0.1) is 5.69 Å². The highest BCUT2D eigenvalue weighted by Crippen LogP contribution is 2.37. The fraction of sp³-hybridized carbons (Fsp3) is 0.474. The van der Waals surface area contributed by atoms with Gasteiger partial charge < -0.3 is 15.3 Å². The van der Waals surface area contributed by atoms with E-state index >= 15 is 0 Å². The van der Waals surface area contributed by atoms with Crippen molar-refractivity contribution in [1.82, 2.24) is 20.4 Å². The first-order valence-corrected chi connectivity index (χ1v) is 8.92. The molecular formula is C19H24N4O2. The number of nitrogens with one attached hydrogen (secondary N) is 2. The second-order valence-electron chi connectivity index (χ2n) is 7.24. The maximum Gasteiger partial charge on any atom is 0.317 e. The fourth-order valence-corrected chi connectivity index (χ4v) is 3.99. The molecule has 0 bridgehead atoms. The Morgan fingerprint density at radius 2 is 2.12 bits per heavy atom. The molecule has 1 aliphatic heterocycles. The highest BCUT2D eigenvalue weighted by Gasteiger charge is 2.37. The number of aliphatic hydroxyl groups is 1. The molecular weight excluding hydrogens is 316 g/mol. The highest BCUT2D eigenvalue weighted by molar-refractivity contribution is 5.75. The molecule has 2 amide bonds. The van der Waals surface area contributed by atoms with E-state index in [0.29, 0.717) is 31.8 Å². The third kappa shape index (κ3) is 2.91. The molecule has 2 atom stereocenters. The molecule has 2 unspecified atom stereocenters. The smallest absolute Gasteiger partial charge is 0.317 e. The van der Waals surface area contributed by atoms with Crippen LogP contribution in [0.5, 0.6) is 0 Å². The van der Waals surface area contributed by atoms with Crippen molar-refractivity contribution in [3.8, 4) is 0 Å². The summed E-state index contributed by atoms with van der Waals surface area (Å²) in [4.78, 5) is 14.4. The number of urea groups is 1. The molecule has 1 saturated heterocycles. The van der Waals surface area contributed by atoms with E-state index in [2.05, 4.69) is 46.7 Å². The molecule has 1 aromatic carbocycles. The molecule has 0 radical (unpaired) electrons. The number of rotatable bonds is 3. The lowest BCUT2D eigenvalue weighted by Gasteiger charge is -2.39. The molecule has 0 spiro atoms. The molecule has 2 aromatic rings. The zero-order chi connectivity index (χ0) is 17.4. The van der Waals surface area contributed by atoms with Gasteiger partial charge in [-0.15, -0.1) is 0 Å². The number of benzene rings is 1. The van der Waals surface area contributed by atoms with Crippen molar-refractivity contribution in [1.29, 1.82) is 0 Å². The van der Waals surface area contributed by atoms with E-state index in [1.165, 1.54) is 11.1 Å². The Hall–Kier alpha value is -2.34. The average molecular weight is 340 g/mol. The number of hydrogen-bond acceptors (Lipinski definition) is 3. The lowest BCUT2D eigenvalue weighted by atomic mass is 9.74. The second kappa shape index (κ2) is 6.19. The van der Waals surface area contributed by atoms with Crippen LogP contribution in [-0.2, 0) is 12.0 Å². The predicted molar refractivity (Wildman–Crippen MR) is 94.2 cm³/mol. The van der Waals surface area contributed by atoms with Crippen LogP contribution < -0.4 is 5.32 Å². The quantitative estimate of drug-likeness (QED) is 0.801. The number of aromatic amines is 1. The molecule has 3 N–H and O–H groups in total. The van der Waals surface area contributed by atoms with Crippen LogP contribution in [0, 0.1) is 0 Å². The first-order chi connectivity index (χ1) is 12.1. The summed E-state index contributed by atoms with van der Waals surface area (Å²) in [6, 6.07) is 10.3. The Labute approximate surface area is 147 Å². The molecule has 1 aliphatic carbocycles. The summed E-state index contributed by atoms with van der Waals surface area (Å²) in [6.45, 7) is 3.15. The monoisotopic (exact) mass is 340 g/mol. The maximum atomic E-state index is 12.6. The third-order valence-electron chi connectivity index (χ3n) is 5.73. The van der Waals surface area contributed by atoms with Crippen molar-refractivity contribution >= 4 is 6.03 Å². The van der Waals surface area contributed by atoms with Gasteiger partial charge in [-0.1, -0.05) is 24.3 Å². The lowest BCUT2D eigenvalue weighted by molar-refractivity contribution is -0.0206. The SMILES string of the molecule is CC(NC(=O)N1CCC(O)(c2ccn[nH]2)CC1)C1Cc2ccccc21. The molecule has 25 heavy (non-hydrogen) atoms. The lowest BCUT2D eigenvalue weighted by Crippen LogP contribution is -2.52. The van der Waals surface area contributed by atoms with Gasteiger partial charge in [-0.25, -0.2) is 4.79 Å². The fourth-order valence-electron chi connectivity index (χ4n) is 3.99. The van der Waals surface area contributed by atoms with Crippen molar-refractivity contribution in [3.05, 3.63) is 53.3 Å². The average Bonchev–Trinajstić information content (AvgIpc) is 3.12. The number of fused-ring (bicyclic) bond motifs is 1. The topological polar surface area (TPSA) is 81.2 Å². The third-order valence-corrected chi connectivity index (χ3v) is 5.73. The van der Waals surface area contributed by atoms with Gasteiger partial charge in [0.15, 0.2) is 0 Å². The Bertz CT molecular complexity index is 751. The Morgan fingerprint density at radius 3 is 2.80 bits per heavy atom. The van der Waals surface area contributed by atoms with E-state index in [1.54, 1.807) is 17.2 Å². The van der Waals surface area contributed by atoms with Gasteiger partial charge in [-0.05, 0) is 43.4 Å². The molecule has 6 heteroatoms. The summed E-state index contributed by atoms with van der Waals surface area (Å²) >= 11 is 0. The Morgan fingerprint density at radius 1 is 1.36 bits per heavy atom. The number of hydrogen-bond donors (Lipinski definition) is 3. The summed E-state index contributed by atoms with van der Waals surface area (Å²) in [5, 5.41) is 20.6. The van der Waals surface area contributed by atoms with Gasteiger partial charge in [-0.2, -0.15) is 5.10 Å². The normalized spacial score (nSPS) is 22.6. The minimum Gasteiger partial charge on any atom is -0.383 e. The van der Waals surface area contributed by atoms with Gasteiger partial charge in [0.25, 0.3) is 0 Å². The van der Waals surface area contributed by atoms with Gasteiger partial charge in [0.2, 0.25) is 0 Å². The standard InChI is InChI=1S/C19H24N4O2/c1-13(16-12-14-4-2-3-5-15(14)16)21-18(24)23-10-7-19(25,8-11-23)17-6-9-20-22-17/h2-6,9,13,16,25H,7-8,10-12H2,1H3,(H,20,22)(H,21,24). The van der Waals surface area contributed by atoms with Crippen LogP contribution in [0.25, 0.3) is 0 Å². The maximum absolute atomic E-state index is 12.6. The Balaban J connectivity index is 1.33. The molecule has 132 valence electrons. The number of amides is 2. The number of nitrogens with zero attached hydrogens (tertiary/aromatic N) is 2. The molecule has 0 saturated carbocycles. The van der Waals surface area contributed by atoms with Crippen molar-refractivity contribution in [2.45, 2.75) is 43.7 Å². The van der Waals surface area contributed by atoms with Crippen LogP contribution in [0.15, 0.2) is 36.5 Å². The molecule has 6 nitrogen and oxygen atoms in total. The van der Waals surface area contributed by atoms with Crippen molar-refractivity contribution in [3.63, 3.8) is 0 Å². The molecule has 2 aliphatic rings. The summed E-state index contributed by atoms with van der Waals surface area (Å²) in [5.41, 5.74) is 2.55. The number of carbonyl (C=O) groups excluding carboxylic acids is 1. The number of piperidine rings is 1.